The van der Waals surface area contributed by atoms with E-state index in [-0.39, 0.29) is 0 Å². The molecule has 0 spiro atoms. The van der Waals surface area contributed by atoms with Crippen LogP contribution in [0.4, 0.5) is 22.7 Å². The van der Waals surface area contributed by atoms with E-state index in [0.29, 0.717) is 0 Å². The fourth-order valence-corrected chi connectivity index (χ4v) is 2.27. The van der Waals surface area contributed by atoms with E-state index in [9.17, 15) is 0 Å². The Kier molecular flexibility index (Phi) is 4.00. The zero-order valence-electron chi connectivity index (χ0n) is 11.4. The van der Waals surface area contributed by atoms with Crippen LogP contribution >= 0.6 is 15.9 Å². The highest BCUT2D eigenvalue weighted by Crippen LogP contribution is 2.31. The molecular weight excluding hydrogens is 302 g/mol. The summed E-state index contributed by atoms with van der Waals surface area (Å²) in [5.41, 5.74) is 11.0. The van der Waals surface area contributed by atoms with Crippen molar-refractivity contribution < 1.29 is 0 Å². The molecule has 0 fully saturated rings. The summed E-state index contributed by atoms with van der Waals surface area (Å²) < 4.78 is 0.964. The summed E-state index contributed by atoms with van der Waals surface area (Å²) in [6.07, 6.45) is 0. The van der Waals surface area contributed by atoms with Crippen molar-refractivity contribution in [1.29, 1.82) is 0 Å². The van der Waals surface area contributed by atoms with Gasteiger partial charge in [-0.2, -0.15) is 0 Å². The highest BCUT2D eigenvalue weighted by molar-refractivity contribution is 9.10. The summed E-state index contributed by atoms with van der Waals surface area (Å²) in [6.45, 7) is 2.00. The number of hydrogen-bond acceptors (Lipinski definition) is 3. The Bertz CT molecular complexity index is 594. The number of benzene rings is 2. The first-order chi connectivity index (χ1) is 8.97. The molecule has 2 rings (SSSR count). The summed E-state index contributed by atoms with van der Waals surface area (Å²) in [4.78, 5) is 2.08. The lowest BCUT2D eigenvalue weighted by molar-refractivity contribution is 1.13. The molecule has 0 atom stereocenters. The second kappa shape index (κ2) is 5.53. The van der Waals surface area contributed by atoms with E-state index >= 15 is 0 Å². The molecule has 2 aromatic carbocycles. The Morgan fingerprint density at radius 3 is 2.58 bits per heavy atom. The number of aryl methyl sites for hydroxylation is 1. The minimum absolute atomic E-state index is 0.791. The van der Waals surface area contributed by atoms with Gasteiger partial charge in [0, 0.05) is 35.6 Å². The third-order valence-corrected chi connectivity index (χ3v) is 3.65. The number of nitrogens with one attached hydrogen (secondary N) is 1. The minimum atomic E-state index is 0.791. The van der Waals surface area contributed by atoms with Crippen LogP contribution in [-0.4, -0.2) is 14.1 Å². The van der Waals surface area contributed by atoms with Gasteiger partial charge in [0.05, 0.1) is 5.69 Å². The van der Waals surface area contributed by atoms with Crippen LogP contribution in [-0.2, 0) is 0 Å². The monoisotopic (exact) mass is 319 g/mol. The maximum atomic E-state index is 5.88. The molecule has 0 aliphatic heterocycles. The highest BCUT2D eigenvalue weighted by atomic mass is 79.9. The van der Waals surface area contributed by atoms with Gasteiger partial charge in [-0.1, -0.05) is 6.07 Å². The molecule has 19 heavy (non-hydrogen) atoms. The lowest BCUT2D eigenvalue weighted by Crippen LogP contribution is -2.08. The largest absolute Gasteiger partial charge is 0.398 e. The van der Waals surface area contributed by atoms with Gasteiger partial charge in [0.15, 0.2) is 0 Å². The predicted octanol–water partition coefficient (Wildman–Crippen LogP) is 4.15. The zero-order chi connectivity index (χ0) is 14.0. The molecule has 3 nitrogen and oxygen atoms in total. The van der Waals surface area contributed by atoms with E-state index in [1.54, 1.807) is 0 Å². The first-order valence-corrected chi connectivity index (χ1v) is 6.86. The summed E-state index contributed by atoms with van der Waals surface area (Å²) in [7, 11) is 4.06. The molecule has 0 aromatic heterocycles. The molecule has 100 valence electrons. The number of nitrogens with two attached hydrogens (primary N) is 1. The third kappa shape index (κ3) is 3.20. The Morgan fingerprint density at radius 2 is 1.89 bits per heavy atom. The van der Waals surface area contributed by atoms with E-state index in [1.165, 1.54) is 0 Å². The van der Waals surface area contributed by atoms with Gasteiger partial charge in [0.25, 0.3) is 0 Å². The van der Waals surface area contributed by atoms with Crippen molar-refractivity contribution in [3.8, 4) is 0 Å². The van der Waals surface area contributed by atoms with E-state index in [1.807, 2.05) is 45.3 Å². The van der Waals surface area contributed by atoms with Crippen LogP contribution in [0.5, 0.6) is 0 Å². The van der Waals surface area contributed by atoms with Crippen LogP contribution < -0.4 is 16.0 Å². The molecule has 0 unspecified atom stereocenters. The van der Waals surface area contributed by atoms with Crippen LogP contribution in [0.1, 0.15) is 5.56 Å². The van der Waals surface area contributed by atoms with Gasteiger partial charge in [-0.3, -0.25) is 0 Å². The van der Waals surface area contributed by atoms with Gasteiger partial charge in [-0.15, -0.1) is 0 Å². The number of halogens is 1. The van der Waals surface area contributed by atoms with Crippen LogP contribution in [0.2, 0.25) is 0 Å². The summed E-state index contributed by atoms with van der Waals surface area (Å²) in [5, 5.41) is 3.41. The van der Waals surface area contributed by atoms with E-state index in [2.05, 4.69) is 38.3 Å². The second-order valence-electron chi connectivity index (χ2n) is 4.76. The molecular formula is C15H18BrN3. The minimum Gasteiger partial charge on any atom is -0.398 e. The van der Waals surface area contributed by atoms with Crippen molar-refractivity contribution >= 4 is 38.7 Å². The number of rotatable bonds is 3. The molecule has 3 N–H and O–H groups in total. The molecule has 0 bridgehead atoms. The Hall–Kier alpha value is -1.68. The topological polar surface area (TPSA) is 41.3 Å². The number of hydrogen-bond donors (Lipinski definition) is 2. The van der Waals surface area contributed by atoms with Crippen LogP contribution in [0.25, 0.3) is 0 Å². The Morgan fingerprint density at radius 1 is 1.16 bits per heavy atom. The van der Waals surface area contributed by atoms with Crippen molar-refractivity contribution in [2.75, 3.05) is 30.0 Å². The Labute approximate surface area is 122 Å². The first kappa shape index (κ1) is 13.7. The van der Waals surface area contributed by atoms with Gasteiger partial charge in [-0.05, 0) is 58.7 Å². The molecule has 0 amide bonds. The lowest BCUT2D eigenvalue weighted by Gasteiger charge is -2.15. The van der Waals surface area contributed by atoms with Gasteiger partial charge in [-0.25, -0.2) is 0 Å². The first-order valence-electron chi connectivity index (χ1n) is 6.07. The van der Waals surface area contributed by atoms with Crippen LogP contribution in [0.3, 0.4) is 0 Å². The van der Waals surface area contributed by atoms with Crippen molar-refractivity contribution in [2.24, 2.45) is 0 Å². The Balaban J connectivity index is 2.31. The molecule has 0 aliphatic carbocycles. The summed E-state index contributed by atoms with van der Waals surface area (Å²) >= 11 is 3.53. The highest BCUT2D eigenvalue weighted by Gasteiger charge is 2.05. The SMILES string of the molecule is Cc1cc(Nc2cccc(N(C)C)c2)c(Br)cc1N. The molecule has 0 saturated carbocycles. The fourth-order valence-electron chi connectivity index (χ4n) is 1.81. The molecule has 4 heteroatoms. The number of nitrogen functional groups attached to an aromatic ring is 1. The predicted molar refractivity (Wildman–Crippen MR) is 87.3 cm³/mol. The average molecular weight is 320 g/mol. The smallest absolute Gasteiger partial charge is 0.0532 e. The van der Waals surface area contributed by atoms with Crippen molar-refractivity contribution in [2.45, 2.75) is 6.92 Å². The maximum absolute atomic E-state index is 5.88. The van der Waals surface area contributed by atoms with Crippen LogP contribution in [0, 0.1) is 6.92 Å². The van der Waals surface area contributed by atoms with E-state index in [4.69, 9.17) is 5.73 Å². The average Bonchev–Trinajstić information content (AvgIpc) is 2.36. The zero-order valence-corrected chi connectivity index (χ0v) is 13.0. The molecule has 0 aliphatic rings. The van der Waals surface area contributed by atoms with Gasteiger partial charge < -0.3 is 16.0 Å². The van der Waals surface area contributed by atoms with Gasteiger partial charge in [0.2, 0.25) is 0 Å². The molecule has 0 heterocycles. The maximum Gasteiger partial charge on any atom is 0.0532 e. The third-order valence-electron chi connectivity index (χ3n) is 3.00. The van der Waals surface area contributed by atoms with E-state index in [0.717, 1.165) is 32.8 Å². The normalized spacial score (nSPS) is 10.3. The lowest BCUT2D eigenvalue weighted by atomic mass is 10.1. The molecule has 0 saturated heterocycles. The number of anilines is 4. The van der Waals surface area contributed by atoms with Gasteiger partial charge in [0.1, 0.15) is 0 Å². The standard InChI is InChI=1S/C15H18BrN3/c1-10-7-15(13(16)9-14(10)17)18-11-5-4-6-12(8-11)19(2)3/h4-9,18H,17H2,1-3H3. The second-order valence-corrected chi connectivity index (χ2v) is 5.61. The quantitative estimate of drug-likeness (QED) is 0.835. The summed E-state index contributed by atoms with van der Waals surface area (Å²) in [5.74, 6) is 0. The van der Waals surface area contributed by atoms with Crippen molar-refractivity contribution in [3.63, 3.8) is 0 Å². The van der Waals surface area contributed by atoms with E-state index < -0.39 is 0 Å². The van der Waals surface area contributed by atoms with Crippen LogP contribution in [0.15, 0.2) is 40.9 Å². The number of nitrogens with zero attached hydrogens (tertiary/aromatic N) is 1. The van der Waals surface area contributed by atoms with Crippen molar-refractivity contribution in [3.05, 3.63) is 46.4 Å². The molecule has 2 aromatic rings. The fraction of sp³-hybridized carbons (Fsp3) is 0.200. The molecule has 0 radical (unpaired) electrons. The summed E-state index contributed by atoms with van der Waals surface area (Å²) in [6, 6.07) is 12.2. The van der Waals surface area contributed by atoms with Crippen molar-refractivity contribution in [1.82, 2.24) is 0 Å². The van der Waals surface area contributed by atoms with Gasteiger partial charge >= 0.3 is 0 Å².